The normalized spacial score (nSPS) is 14.9. The van der Waals surface area contributed by atoms with E-state index in [1.165, 1.54) is 10.6 Å². The predicted octanol–water partition coefficient (Wildman–Crippen LogP) is 3.26. The Bertz CT molecular complexity index is 928. The first-order valence-electron chi connectivity index (χ1n) is 7.93. The maximum Gasteiger partial charge on any atom is 0.251 e. The van der Waals surface area contributed by atoms with Gasteiger partial charge < -0.3 is 5.32 Å². The molecule has 7 heteroatoms. The Morgan fingerprint density at radius 2 is 1.96 bits per heavy atom. The van der Waals surface area contributed by atoms with Crippen LogP contribution in [0.25, 0.3) is 0 Å². The van der Waals surface area contributed by atoms with Crippen LogP contribution < -0.4 is 9.62 Å². The fourth-order valence-corrected chi connectivity index (χ4v) is 4.63. The number of fused-ring (bicyclic) bond motifs is 1. The van der Waals surface area contributed by atoms with Crippen molar-refractivity contribution < 1.29 is 13.2 Å². The summed E-state index contributed by atoms with van der Waals surface area (Å²) in [7, 11) is -3.28. The van der Waals surface area contributed by atoms with E-state index in [4.69, 9.17) is 0 Å². The van der Waals surface area contributed by atoms with E-state index in [1.807, 2.05) is 31.2 Å². The third kappa shape index (κ3) is 3.72. The summed E-state index contributed by atoms with van der Waals surface area (Å²) in [6.07, 6.45) is 1.81. The Morgan fingerprint density at radius 3 is 2.64 bits per heavy atom. The van der Waals surface area contributed by atoms with Gasteiger partial charge in [0, 0.05) is 16.6 Å². The molecule has 0 fully saturated rings. The summed E-state index contributed by atoms with van der Waals surface area (Å²) in [4.78, 5) is 12.6. The van der Waals surface area contributed by atoms with Crippen molar-refractivity contribution in [2.45, 2.75) is 19.4 Å². The molecule has 0 aliphatic carbocycles. The van der Waals surface area contributed by atoms with Crippen LogP contribution in [0.1, 0.15) is 34.5 Å². The molecule has 0 unspecified atom stereocenters. The average Bonchev–Trinajstić information content (AvgIpc) is 2.98. The third-order valence-corrected chi connectivity index (χ3v) is 6.22. The van der Waals surface area contributed by atoms with Crippen molar-refractivity contribution in [3.63, 3.8) is 0 Å². The molecule has 1 heterocycles. The number of nitrogens with zero attached hydrogens (tertiary/aromatic N) is 1. The molecule has 0 spiro atoms. The van der Waals surface area contributed by atoms with Gasteiger partial charge in [0.05, 0.1) is 18.0 Å². The molecule has 2 aromatic rings. The molecule has 132 valence electrons. The first-order chi connectivity index (χ1) is 11.8. The second-order valence-corrected chi connectivity index (χ2v) is 8.91. The first kappa shape index (κ1) is 17.9. The van der Waals surface area contributed by atoms with E-state index in [-0.39, 0.29) is 11.9 Å². The van der Waals surface area contributed by atoms with Crippen molar-refractivity contribution in [2.75, 3.05) is 17.1 Å². The molecule has 1 aliphatic rings. The third-order valence-electron chi connectivity index (χ3n) is 4.31. The summed E-state index contributed by atoms with van der Waals surface area (Å²) in [6.45, 7) is 2.35. The zero-order chi connectivity index (χ0) is 18.2. The minimum atomic E-state index is -3.28. The minimum Gasteiger partial charge on any atom is -0.345 e. The van der Waals surface area contributed by atoms with Crippen molar-refractivity contribution in [2.24, 2.45) is 0 Å². The largest absolute Gasteiger partial charge is 0.345 e. The molecule has 1 N–H and O–H groups in total. The molecule has 0 saturated heterocycles. The average molecular weight is 423 g/mol. The van der Waals surface area contributed by atoms with Crippen LogP contribution in [0.2, 0.25) is 0 Å². The van der Waals surface area contributed by atoms with Gasteiger partial charge in [-0.2, -0.15) is 0 Å². The van der Waals surface area contributed by atoms with E-state index in [1.54, 1.807) is 18.2 Å². The number of carbonyl (C=O) groups excluding carboxylic acids is 1. The van der Waals surface area contributed by atoms with Gasteiger partial charge in [-0.15, -0.1) is 0 Å². The topological polar surface area (TPSA) is 66.5 Å². The van der Waals surface area contributed by atoms with Crippen molar-refractivity contribution >= 4 is 37.5 Å². The molecular formula is C18H19BrN2O3S. The lowest BCUT2D eigenvalue weighted by Crippen LogP contribution is -2.28. The van der Waals surface area contributed by atoms with Crippen LogP contribution in [0.3, 0.4) is 0 Å². The lowest BCUT2D eigenvalue weighted by Gasteiger charge is -2.18. The van der Waals surface area contributed by atoms with Crippen LogP contribution in [0.15, 0.2) is 46.9 Å². The molecule has 0 saturated carbocycles. The van der Waals surface area contributed by atoms with E-state index in [0.29, 0.717) is 24.2 Å². The Balaban J connectivity index is 1.79. The molecule has 2 aromatic carbocycles. The lowest BCUT2D eigenvalue weighted by atomic mass is 10.1. The smallest absolute Gasteiger partial charge is 0.251 e. The lowest BCUT2D eigenvalue weighted by molar-refractivity contribution is 0.0939. The number of carbonyl (C=O) groups is 1. The molecule has 0 bridgehead atoms. The highest BCUT2D eigenvalue weighted by molar-refractivity contribution is 9.10. The molecule has 1 amide bonds. The second-order valence-electron chi connectivity index (χ2n) is 6.15. The van der Waals surface area contributed by atoms with Crippen LogP contribution >= 0.6 is 15.9 Å². The highest BCUT2D eigenvalue weighted by atomic mass is 79.9. The summed E-state index contributed by atoms with van der Waals surface area (Å²) in [6, 6.07) is 12.8. The standard InChI is InChI=1S/C18H19BrN2O3S/c1-12(15-5-3-4-6-16(15)19)20-18(22)14-7-8-17-13(11-14)9-10-21(17)25(2,23)24/h3-8,11-12H,9-10H2,1-2H3,(H,20,22)/t12-/m1/s1. The van der Waals surface area contributed by atoms with Gasteiger partial charge in [-0.1, -0.05) is 34.1 Å². The van der Waals surface area contributed by atoms with Crippen molar-refractivity contribution in [3.8, 4) is 0 Å². The Labute approximate surface area is 156 Å². The van der Waals surface area contributed by atoms with Crippen LogP contribution in [0.5, 0.6) is 0 Å². The number of anilines is 1. The predicted molar refractivity (Wildman–Crippen MR) is 102 cm³/mol. The van der Waals surface area contributed by atoms with Gasteiger partial charge >= 0.3 is 0 Å². The monoisotopic (exact) mass is 422 g/mol. The molecule has 1 atom stereocenters. The summed E-state index contributed by atoms with van der Waals surface area (Å²) in [5.74, 6) is -0.177. The SMILES string of the molecule is C[C@@H](NC(=O)c1ccc2c(c1)CCN2S(C)(=O)=O)c1ccccc1Br. The fraction of sp³-hybridized carbons (Fsp3) is 0.278. The Hall–Kier alpha value is -1.86. The molecule has 0 aromatic heterocycles. The van der Waals surface area contributed by atoms with Crippen molar-refractivity contribution in [1.82, 2.24) is 5.32 Å². The zero-order valence-corrected chi connectivity index (χ0v) is 16.4. The highest BCUT2D eigenvalue weighted by Crippen LogP contribution is 2.31. The van der Waals surface area contributed by atoms with Crippen LogP contribution in [0.4, 0.5) is 5.69 Å². The second kappa shape index (κ2) is 6.80. The van der Waals surface area contributed by atoms with Crippen molar-refractivity contribution in [1.29, 1.82) is 0 Å². The van der Waals surface area contributed by atoms with Gasteiger partial charge in [0.15, 0.2) is 0 Å². The van der Waals surface area contributed by atoms with Crippen LogP contribution in [-0.4, -0.2) is 27.1 Å². The molecule has 5 nitrogen and oxygen atoms in total. The maximum absolute atomic E-state index is 12.6. The molecule has 0 radical (unpaired) electrons. The Kier molecular flexibility index (Phi) is 4.88. The fourth-order valence-electron chi connectivity index (χ4n) is 3.04. The number of rotatable bonds is 4. The zero-order valence-electron chi connectivity index (χ0n) is 14.0. The maximum atomic E-state index is 12.6. The van der Waals surface area contributed by atoms with E-state index >= 15 is 0 Å². The molecule has 1 aliphatic heterocycles. The van der Waals surface area contributed by atoms with Crippen molar-refractivity contribution in [3.05, 3.63) is 63.6 Å². The van der Waals surface area contributed by atoms with E-state index < -0.39 is 10.0 Å². The van der Waals surface area contributed by atoms with Gasteiger partial charge in [0.25, 0.3) is 5.91 Å². The number of hydrogen-bond donors (Lipinski definition) is 1. The number of halogens is 1. The van der Waals surface area contributed by atoms with Crippen LogP contribution in [0, 0.1) is 0 Å². The number of benzene rings is 2. The number of amides is 1. The Morgan fingerprint density at radius 1 is 1.24 bits per heavy atom. The summed E-state index contributed by atoms with van der Waals surface area (Å²) < 4.78 is 25.9. The highest BCUT2D eigenvalue weighted by Gasteiger charge is 2.27. The molecule has 3 rings (SSSR count). The first-order valence-corrected chi connectivity index (χ1v) is 10.6. The minimum absolute atomic E-state index is 0.149. The number of hydrogen-bond acceptors (Lipinski definition) is 3. The summed E-state index contributed by atoms with van der Waals surface area (Å²) in [5, 5.41) is 2.99. The van der Waals surface area contributed by atoms with E-state index in [0.717, 1.165) is 15.6 Å². The van der Waals surface area contributed by atoms with Gasteiger partial charge in [0.2, 0.25) is 10.0 Å². The van der Waals surface area contributed by atoms with Gasteiger partial charge in [-0.25, -0.2) is 8.42 Å². The van der Waals surface area contributed by atoms with Gasteiger partial charge in [-0.05, 0) is 48.7 Å². The van der Waals surface area contributed by atoms with Crippen LogP contribution in [-0.2, 0) is 16.4 Å². The van der Waals surface area contributed by atoms with E-state index in [9.17, 15) is 13.2 Å². The molecular weight excluding hydrogens is 404 g/mol. The van der Waals surface area contributed by atoms with Gasteiger partial charge in [0.1, 0.15) is 0 Å². The quantitative estimate of drug-likeness (QED) is 0.821. The van der Waals surface area contributed by atoms with Gasteiger partial charge in [-0.3, -0.25) is 9.10 Å². The molecule has 25 heavy (non-hydrogen) atoms. The van der Waals surface area contributed by atoms with E-state index in [2.05, 4.69) is 21.2 Å². The summed E-state index contributed by atoms with van der Waals surface area (Å²) in [5.41, 5.74) is 3.08. The number of sulfonamides is 1. The summed E-state index contributed by atoms with van der Waals surface area (Å²) >= 11 is 3.50. The number of nitrogens with one attached hydrogen (secondary N) is 1.